The molecule has 246 valence electrons. The first-order valence-electron chi connectivity index (χ1n) is 14.3. The molecule has 0 radical (unpaired) electrons. The highest BCUT2D eigenvalue weighted by atomic mass is 31.2. The molecule has 2 heterocycles. The van der Waals surface area contributed by atoms with E-state index >= 15 is 0 Å². The standard InChI is InChI=1S/C30H35F3N7O5P/c1-5-44-46(42,45-6-2)19-20-7-10-23(11-8-20)37-29-35-17-25(30(31,32)33)27(39-29)38-26-12-9-21(15-24(26)28(41)34-3)22-16-36-40(18-22)13-14-43-4/h7-12,15-18H,5-6,13-14,19H2,1-4H3,(H,34,41)(H2,35,37,38,39). The number of carbonyl (C=O) groups excluding carboxylic acids is 1. The van der Waals surface area contributed by atoms with Gasteiger partial charge in [0.2, 0.25) is 5.95 Å². The maximum Gasteiger partial charge on any atom is 0.421 e. The van der Waals surface area contributed by atoms with Crippen molar-refractivity contribution in [3.8, 4) is 11.1 Å². The molecule has 12 nitrogen and oxygen atoms in total. The van der Waals surface area contributed by atoms with Crippen molar-refractivity contribution in [1.29, 1.82) is 0 Å². The Morgan fingerprint density at radius 2 is 1.72 bits per heavy atom. The molecule has 16 heteroatoms. The molecular weight excluding hydrogens is 626 g/mol. The van der Waals surface area contributed by atoms with E-state index in [1.54, 1.807) is 74.4 Å². The first kappa shape index (κ1) is 34.6. The Bertz CT molecular complexity index is 1670. The normalized spacial score (nSPS) is 11.8. The van der Waals surface area contributed by atoms with E-state index in [0.29, 0.717) is 41.7 Å². The van der Waals surface area contributed by atoms with Crippen LogP contribution in [0.3, 0.4) is 0 Å². The molecule has 0 atom stereocenters. The van der Waals surface area contributed by atoms with Crippen LogP contribution in [0.2, 0.25) is 0 Å². The highest BCUT2D eigenvalue weighted by Gasteiger charge is 2.36. The molecule has 4 aromatic rings. The van der Waals surface area contributed by atoms with Gasteiger partial charge in [0.1, 0.15) is 11.4 Å². The van der Waals surface area contributed by atoms with Crippen LogP contribution in [0.15, 0.2) is 61.1 Å². The van der Waals surface area contributed by atoms with Crippen LogP contribution < -0.4 is 16.0 Å². The van der Waals surface area contributed by atoms with Gasteiger partial charge in [-0.05, 0) is 49.2 Å². The van der Waals surface area contributed by atoms with E-state index in [1.807, 2.05) is 0 Å². The van der Waals surface area contributed by atoms with Gasteiger partial charge in [0.15, 0.2) is 0 Å². The maximum atomic E-state index is 14.0. The molecular formula is C30H35F3N7O5P. The Balaban J connectivity index is 1.61. The van der Waals surface area contributed by atoms with Gasteiger partial charge in [-0.2, -0.15) is 23.3 Å². The number of amides is 1. The third-order valence-corrected chi connectivity index (χ3v) is 8.62. The number of carbonyl (C=O) groups is 1. The Labute approximate surface area is 264 Å². The average Bonchev–Trinajstić information content (AvgIpc) is 3.49. The molecule has 0 fully saturated rings. The van der Waals surface area contributed by atoms with Crippen LogP contribution in [-0.2, 0) is 37.2 Å². The summed E-state index contributed by atoms with van der Waals surface area (Å²) in [5.74, 6) is -1.20. The summed E-state index contributed by atoms with van der Waals surface area (Å²) >= 11 is 0. The predicted molar refractivity (Wildman–Crippen MR) is 168 cm³/mol. The van der Waals surface area contributed by atoms with Gasteiger partial charge < -0.3 is 29.7 Å². The topological polar surface area (TPSA) is 142 Å². The van der Waals surface area contributed by atoms with Gasteiger partial charge in [-0.3, -0.25) is 14.0 Å². The number of nitrogens with zero attached hydrogens (tertiary/aromatic N) is 4. The third-order valence-electron chi connectivity index (χ3n) is 6.57. The van der Waals surface area contributed by atoms with Crippen LogP contribution in [0.5, 0.6) is 0 Å². The number of alkyl halides is 3. The van der Waals surface area contributed by atoms with E-state index in [0.717, 1.165) is 0 Å². The number of nitrogens with one attached hydrogen (secondary N) is 3. The lowest BCUT2D eigenvalue weighted by atomic mass is 10.0. The smallest absolute Gasteiger partial charge is 0.383 e. The van der Waals surface area contributed by atoms with Gasteiger partial charge in [0.05, 0.1) is 50.0 Å². The van der Waals surface area contributed by atoms with Crippen molar-refractivity contribution in [3.05, 3.63) is 77.7 Å². The molecule has 0 spiro atoms. The predicted octanol–water partition coefficient (Wildman–Crippen LogP) is 6.62. The molecule has 0 aliphatic carbocycles. The van der Waals surface area contributed by atoms with Crippen LogP contribution in [0.1, 0.15) is 35.3 Å². The van der Waals surface area contributed by atoms with Crippen LogP contribution in [0.25, 0.3) is 11.1 Å². The summed E-state index contributed by atoms with van der Waals surface area (Å²) in [6, 6.07) is 11.4. The van der Waals surface area contributed by atoms with E-state index < -0.39 is 31.1 Å². The van der Waals surface area contributed by atoms with Crippen LogP contribution in [-0.4, -0.2) is 59.6 Å². The lowest BCUT2D eigenvalue weighted by molar-refractivity contribution is -0.137. The van der Waals surface area contributed by atoms with Crippen molar-refractivity contribution < 1.29 is 36.3 Å². The van der Waals surface area contributed by atoms with Gasteiger partial charge >= 0.3 is 13.8 Å². The molecule has 0 saturated carbocycles. The molecule has 4 rings (SSSR count). The SMILES string of the molecule is CCOP(=O)(Cc1ccc(Nc2ncc(C(F)(F)F)c(Nc3ccc(-c4cnn(CCOC)c4)cc3C(=O)NC)n2)cc1)OCC. The summed E-state index contributed by atoms with van der Waals surface area (Å²) in [6.07, 6.45) is -0.667. The number of hydrogen-bond donors (Lipinski definition) is 3. The minimum Gasteiger partial charge on any atom is -0.383 e. The fraction of sp³-hybridized carbons (Fsp3) is 0.333. The van der Waals surface area contributed by atoms with Gasteiger partial charge in [0, 0.05) is 37.8 Å². The number of anilines is 4. The molecule has 0 unspecified atom stereocenters. The average molecular weight is 662 g/mol. The molecule has 0 saturated heterocycles. The minimum absolute atomic E-state index is 0.0580. The highest BCUT2D eigenvalue weighted by Crippen LogP contribution is 2.51. The van der Waals surface area contributed by atoms with E-state index in [2.05, 4.69) is 31.0 Å². The summed E-state index contributed by atoms with van der Waals surface area (Å²) in [5, 5.41) is 12.4. The third kappa shape index (κ3) is 8.91. The Hall–Kier alpha value is -4.30. The molecule has 0 aliphatic rings. The number of aromatic nitrogens is 4. The molecule has 3 N–H and O–H groups in total. The van der Waals surface area contributed by atoms with E-state index in [1.165, 1.54) is 13.1 Å². The zero-order chi connectivity index (χ0) is 33.3. The lowest BCUT2D eigenvalue weighted by Crippen LogP contribution is -2.20. The van der Waals surface area contributed by atoms with Crippen molar-refractivity contribution in [2.24, 2.45) is 0 Å². The first-order chi connectivity index (χ1) is 22.0. The van der Waals surface area contributed by atoms with Crippen LogP contribution in [0.4, 0.5) is 36.3 Å². The number of halogens is 3. The second-order valence-electron chi connectivity index (χ2n) is 9.83. The number of benzene rings is 2. The van der Waals surface area contributed by atoms with Gasteiger partial charge in [-0.25, -0.2) is 4.98 Å². The number of ether oxygens (including phenoxy) is 1. The number of methoxy groups -OCH3 is 1. The van der Waals surface area contributed by atoms with E-state index in [4.69, 9.17) is 13.8 Å². The minimum atomic E-state index is -4.79. The van der Waals surface area contributed by atoms with E-state index in [9.17, 15) is 22.5 Å². The molecule has 1 amide bonds. The fourth-order valence-electron chi connectivity index (χ4n) is 4.42. The molecule has 2 aromatic carbocycles. The quantitative estimate of drug-likeness (QED) is 0.119. The van der Waals surface area contributed by atoms with Gasteiger partial charge in [-0.1, -0.05) is 18.2 Å². The summed E-state index contributed by atoms with van der Waals surface area (Å²) in [5.41, 5.74) is 1.57. The summed E-state index contributed by atoms with van der Waals surface area (Å²) in [7, 11) is -0.313. The van der Waals surface area contributed by atoms with Crippen LogP contribution >= 0.6 is 7.60 Å². The Morgan fingerprint density at radius 3 is 2.35 bits per heavy atom. The van der Waals surface area contributed by atoms with Crippen molar-refractivity contribution in [2.45, 2.75) is 32.7 Å². The zero-order valence-electron chi connectivity index (χ0n) is 25.7. The highest BCUT2D eigenvalue weighted by molar-refractivity contribution is 7.53. The Morgan fingerprint density at radius 1 is 1.00 bits per heavy atom. The van der Waals surface area contributed by atoms with Crippen molar-refractivity contribution in [2.75, 3.05) is 44.6 Å². The molecule has 46 heavy (non-hydrogen) atoms. The number of hydrogen-bond acceptors (Lipinski definition) is 10. The molecule has 2 aromatic heterocycles. The van der Waals surface area contributed by atoms with Gasteiger partial charge in [-0.15, -0.1) is 0 Å². The number of rotatable bonds is 15. The summed E-state index contributed by atoms with van der Waals surface area (Å²) in [6.45, 7) is 4.89. The second-order valence-corrected chi connectivity index (χ2v) is 11.9. The molecule has 0 aliphatic heterocycles. The van der Waals surface area contributed by atoms with Crippen molar-refractivity contribution >= 4 is 36.6 Å². The molecule has 0 bridgehead atoms. The summed E-state index contributed by atoms with van der Waals surface area (Å²) < 4.78 is 72.4. The first-order valence-corrected chi connectivity index (χ1v) is 16.0. The fourth-order valence-corrected chi connectivity index (χ4v) is 6.12. The van der Waals surface area contributed by atoms with E-state index in [-0.39, 0.29) is 36.6 Å². The zero-order valence-corrected chi connectivity index (χ0v) is 26.6. The second kappa shape index (κ2) is 15.3. The van der Waals surface area contributed by atoms with Crippen LogP contribution in [0, 0.1) is 0 Å². The Kier molecular flexibility index (Phi) is 11.5. The van der Waals surface area contributed by atoms with Gasteiger partial charge in [0.25, 0.3) is 5.91 Å². The van der Waals surface area contributed by atoms with Crippen molar-refractivity contribution in [1.82, 2.24) is 25.1 Å². The maximum absolute atomic E-state index is 14.0. The summed E-state index contributed by atoms with van der Waals surface area (Å²) in [4.78, 5) is 20.8. The monoisotopic (exact) mass is 661 g/mol. The largest absolute Gasteiger partial charge is 0.421 e. The lowest BCUT2D eigenvalue weighted by Gasteiger charge is -2.18. The van der Waals surface area contributed by atoms with Crippen molar-refractivity contribution in [3.63, 3.8) is 0 Å².